The van der Waals surface area contributed by atoms with Gasteiger partial charge in [0, 0.05) is 12.8 Å². The molecule has 0 spiro atoms. The van der Waals surface area contributed by atoms with E-state index < -0.39 is 23.5 Å². The van der Waals surface area contributed by atoms with Crippen molar-refractivity contribution < 1.29 is 38.4 Å². The fraction of sp³-hybridized carbons (Fsp3) is 0.800. The summed E-state index contributed by atoms with van der Waals surface area (Å²) in [5.74, 6) is -0.358. The van der Waals surface area contributed by atoms with E-state index >= 15 is 0 Å². The van der Waals surface area contributed by atoms with E-state index in [2.05, 4.69) is 9.78 Å². The van der Waals surface area contributed by atoms with Crippen molar-refractivity contribution in [1.82, 2.24) is 0 Å². The first-order chi connectivity index (χ1) is 13.4. The van der Waals surface area contributed by atoms with Crippen LogP contribution in [0.25, 0.3) is 0 Å². The highest BCUT2D eigenvalue weighted by Gasteiger charge is 2.44. The first kappa shape index (κ1) is 22.2. The third-order valence-electron chi connectivity index (χ3n) is 5.72. The van der Waals surface area contributed by atoms with Crippen LogP contribution in [-0.4, -0.2) is 35.1 Å². The van der Waals surface area contributed by atoms with E-state index in [0.29, 0.717) is 25.7 Å². The van der Waals surface area contributed by atoms with Crippen LogP contribution in [0.5, 0.6) is 0 Å². The molecule has 2 aliphatic carbocycles. The minimum Gasteiger partial charge on any atom is -0.417 e. The fourth-order valence-electron chi connectivity index (χ4n) is 4.19. The molecule has 2 saturated carbocycles. The molecular formula is C20H30O8. The van der Waals surface area contributed by atoms with Gasteiger partial charge in [-0.05, 0) is 51.4 Å². The summed E-state index contributed by atoms with van der Waals surface area (Å²) in [7, 11) is 0. The Labute approximate surface area is 165 Å². The maximum absolute atomic E-state index is 12.3. The van der Waals surface area contributed by atoms with Crippen molar-refractivity contribution >= 4 is 23.9 Å². The van der Waals surface area contributed by atoms with E-state index in [0.717, 1.165) is 38.5 Å². The molecule has 0 aromatic carbocycles. The molecule has 0 heterocycles. The second kappa shape index (κ2) is 9.89. The van der Waals surface area contributed by atoms with Crippen molar-refractivity contribution in [3.63, 3.8) is 0 Å². The lowest BCUT2D eigenvalue weighted by Gasteiger charge is -2.34. The molecule has 2 rings (SSSR count). The SMILES string of the molecule is CCC(=O)C1(OC(=O)OOC(=O)OC2(C(=O)CC)CCCCC2)CCCCC1. The normalized spacial score (nSPS) is 20.5. The van der Waals surface area contributed by atoms with E-state index in [1.165, 1.54) is 0 Å². The molecule has 28 heavy (non-hydrogen) atoms. The Hall–Kier alpha value is -2.12. The molecule has 0 saturated heterocycles. The second-order valence-corrected chi connectivity index (χ2v) is 7.53. The Morgan fingerprint density at radius 1 is 0.607 bits per heavy atom. The van der Waals surface area contributed by atoms with E-state index in [-0.39, 0.29) is 24.4 Å². The molecule has 8 heteroatoms. The largest absolute Gasteiger partial charge is 0.551 e. The Kier molecular flexibility index (Phi) is 7.83. The fourth-order valence-corrected chi connectivity index (χ4v) is 4.19. The molecular weight excluding hydrogens is 368 g/mol. The summed E-state index contributed by atoms with van der Waals surface area (Å²) >= 11 is 0. The van der Waals surface area contributed by atoms with Gasteiger partial charge in [0.15, 0.2) is 22.8 Å². The number of hydrogen-bond acceptors (Lipinski definition) is 8. The Morgan fingerprint density at radius 3 is 1.21 bits per heavy atom. The van der Waals surface area contributed by atoms with Gasteiger partial charge in [-0.25, -0.2) is 0 Å². The molecule has 2 fully saturated rings. The van der Waals surface area contributed by atoms with Crippen molar-refractivity contribution in [2.24, 2.45) is 0 Å². The minimum absolute atomic E-state index is 0.179. The zero-order valence-corrected chi connectivity index (χ0v) is 16.8. The van der Waals surface area contributed by atoms with Gasteiger partial charge in [-0.3, -0.25) is 9.59 Å². The highest BCUT2D eigenvalue weighted by atomic mass is 17.3. The summed E-state index contributed by atoms with van der Waals surface area (Å²) in [5.41, 5.74) is -2.44. The van der Waals surface area contributed by atoms with Gasteiger partial charge in [0.25, 0.3) is 0 Å². The predicted molar refractivity (Wildman–Crippen MR) is 97.4 cm³/mol. The van der Waals surface area contributed by atoms with Gasteiger partial charge in [0.2, 0.25) is 0 Å². The first-order valence-corrected chi connectivity index (χ1v) is 10.2. The molecule has 0 unspecified atom stereocenters. The predicted octanol–water partition coefficient (Wildman–Crippen LogP) is 4.57. The zero-order valence-electron chi connectivity index (χ0n) is 16.8. The third-order valence-corrected chi connectivity index (χ3v) is 5.72. The molecule has 158 valence electrons. The molecule has 0 amide bonds. The topological polar surface area (TPSA) is 105 Å². The van der Waals surface area contributed by atoms with Crippen LogP contribution in [0.1, 0.15) is 90.9 Å². The summed E-state index contributed by atoms with van der Waals surface area (Å²) in [6.45, 7) is 3.41. The molecule has 0 radical (unpaired) electrons. The quantitative estimate of drug-likeness (QED) is 0.364. The lowest BCUT2D eigenvalue weighted by molar-refractivity contribution is -0.238. The van der Waals surface area contributed by atoms with Crippen LogP contribution in [-0.2, 0) is 28.8 Å². The minimum atomic E-state index is -1.26. The maximum atomic E-state index is 12.3. The standard InChI is InChI=1S/C20H30O8/c1-3-15(21)19(11-7-5-8-12-19)25-17(23)27-28-18(24)26-20(16(22)4-2)13-9-6-10-14-20/h3-14H2,1-2H3. The number of ether oxygens (including phenoxy) is 2. The van der Waals surface area contributed by atoms with Gasteiger partial charge in [-0.2, -0.15) is 19.4 Å². The average molecular weight is 398 g/mol. The average Bonchev–Trinajstić information content (AvgIpc) is 2.72. The number of ketones is 2. The maximum Gasteiger partial charge on any atom is 0.551 e. The smallest absolute Gasteiger partial charge is 0.417 e. The molecule has 8 nitrogen and oxygen atoms in total. The third kappa shape index (κ3) is 5.23. The first-order valence-electron chi connectivity index (χ1n) is 10.2. The van der Waals surface area contributed by atoms with Crippen LogP contribution >= 0.6 is 0 Å². The van der Waals surface area contributed by atoms with Crippen LogP contribution in [0, 0.1) is 0 Å². The molecule has 0 N–H and O–H groups in total. The van der Waals surface area contributed by atoms with Crippen LogP contribution in [0.4, 0.5) is 9.59 Å². The lowest BCUT2D eigenvalue weighted by atomic mass is 9.80. The van der Waals surface area contributed by atoms with Gasteiger partial charge >= 0.3 is 12.3 Å². The van der Waals surface area contributed by atoms with Gasteiger partial charge in [-0.1, -0.05) is 26.7 Å². The van der Waals surface area contributed by atoms with Crippen molar-refractivity contribution in [2.45, 2.75) is 102 Å². The summed E-state index contributed by atoms with van der Waals surface area (Å²) in [5, 5.41) is 0. The zero-order chi connectivity index (χ0) is 20.6. The number of Topliss-reactive ketones (excluding diaryl/α,β-unsaturated/α-hetero) is 2. The molecule has 0 aromatic heterocycles. The molecule has 0 aliphatic heterocycles. The van der Waals surface area contributed by atoms with E-state index in [9.17, 15) is 19.2 Å². The number of hydrogen-bond donors (Lipinski definition) is 0. The van der Waals surface area contributed by atoms with Crippen molar-refractivity contribution in [1.29, 1.82) is 0 Å². The summed E-state index contributed by atoms with van der Waals surface area (Å²) < 4.78 is 10.5. The lowest BCUT2D eigenvalue weighted by Crippen LogP contribution is -2.46. The number of carbonyl (C=O) groups excluding carboxylic acids is 4. The van der Waals surface area contributed by atoms with Crippen molar-refractivity contribution in [3.05, 3.63) is 0 Å². The molecule has 0 atom stereocenters. The molecule has 0 bridgehead atoms. The van der Waals surface area contributed by atoms with Crippen LogP contribution < -0.4 is 0 Å². The Balaban J connectivity index is 1.91. The molecule has 0 aromatic rings. The Morgan fingerprint density at radius 2 is 0.929 bits per heavy atom. The Bertz CT molecular complexity index is 533. The number of rotatable bonds is 6. The van der Waals surface area contributed by atoms with Gasteiger partial charge < -0.3 is 9.47 Å². The number of carbonyl (C=O) groups is 4. The highest BCUT2D eigenvalue weighted by Crippen LogP contribution is 2.35. The summed E-state index contributed by atoms with van der Waals surface area (Å²) in [4.78, 5) is 57.4. The van der Waals surface area contributed by atoms with E-state index in [4.69, 9.17) is 9.47 Å². The second-order valence-electron chi connectivity index (χ2n) is 7.53. The summed E-state index contributed by atoms with van der Waals surface area (Å²) in [6, 6.07) is 0. The monoisotopic (exact) mass is 398 g/mol. The van der Waals surface area contributed by atoms with Gasteiger partial charge in [-0.15, -0.1) is 0 Å². The van der Waals surface area contributed by atoms with Gasteiger partial charge in [0.05, 0.1) is 0 Å². The van der Waals surface area contributed by atoms with E-state index in [1.807, 2.05) is 0 Å². The highest BCUT2D eigenvalue weighted by molar-refractivity contribution is 5.89. The van der Waals surface area contributed by atoms with Gasteiger partial charge in [0.1, 0.15) is 0 Å². The van der Waals surface area contributed by atoms with Crippen LogP contribution in [0.2, 0.25) is 0 Å². The van der Waals surface area contributed by atoms with E-state index in [1.54, 1.807) is 13.8 Å². The van der Waals surface area contributed by atoms with Crippen LogP contribution in [0.3, 0.4) is 0 Å². The van der Waals surface area contributed by atoms with Crippen LogP contribution in [0.15, 0.2) is 0 Å². The molecule has 2 aliphatic rings. The summed E-state index contributed by atoms with van der Waals surface area (Å²) in [6.07, 6.45) is 4.64. The van der Waals surface area contributed by atoms with Crippen molar-refractivity contribution in [2.75, 3.05) is 0 Å². The van der Waals surface area contributed by atoms with Crippen molar-refractivity contribution in [3.8, 4) is 0 Å².